The minimum atomic E-state index is -0.655. The van der Waals surface area contributed by atoms with E-state index in [0.717, 1.165) is 0 Å². The molecule has 1 fully saturated rings. The molecule has 0 radical (unpaired) electrons. The van der Waals surface area contributed by atoms with E-state index in [1.54, 1.807) is 32.4 Å². The summed E-state index contributed by atoms with van der Waals surface area (Å²) in [6.07, 6.45) is 0.590. The number of rotatable bonds is 4. The molecule has 1 heterocycles. The molecule has 1 aliphatic heterocycles. The van der Waals surface area contributed by atoms with Crippen LogP contribution < -0.4 is 0 Å². The molecule has 0 saturated carbocycles. The van der Waals surface area contributed by atoms with Crippen molar-refractivity contribution < 1.29 is 14.6 Å². The summed E-state index contributed by atoms with van der Waals surface area (Å²) < 4.78 is 5.27. The zero-order valence-corrected chi connectivity index (χ0v) is 11.9. The lowest BCUT2D eigenvalue weighted by atomic mass is 9.84. The SMILES string of the molecule is CB(O)N1C[C@H](N=[N+]=[N-])C[C@@H]1COC(=O)C(C)(C)C. The van der Waals surface area contributed by atoms with E-state index in [1.807, 2.05) is 0 Å². The molecular weight excluding hydrogens is 247 g/mol. The van der Waals surface area contributed by atoms with Crippen molar-refractivity contribution in [1.82, 2.24) is 4.81 Å². The molecule has 1 aliphatic rings. The summed E-state index contributed by atoms with van der Waals surface area (Å²) in [4.78, 5) is 16.3. The maximum Gasteiger partial charge on any atom is 0.376 e. The molecule has 1 N–H and O–H groups in total. The van der Waals surface area contributed by atoms with Gasteiger partial charge in [-0.25, -0.2) is 0 Å². The van der Waals surface area contributed by atoms with Gasteiger partial charge in [0.2, 0.25) is 0 Å². The van der Waals surface area contributed by atoms with Gasteiger partial charge < -0.3 is 14.6 Å². The molecule has 1 rings (SSSR count). The maximum atomic E-state index is 11.7. The number of ether oxygens (including phenoxy) is 1. The molecule has 0 aromatic rings. The molecular formula is C11H21BN4O3. The summed E-state index contributed by atoms with van der Waals surface area (Å²) in [5.41, 5.74) is 7.91. The zero-order valence-electron chi connectivity index (χ0n) is 11.9. The van der Waals surface area contributed by atoms with Crippen LogP contribution in [0, 0.1) is 5.41 Å². The molecule has 0 aliphatic carbocycles. The largest absolute Gasteiger partial charge is 0.464 e. The Morgan fingerprint density at radius 3 is 2.74 bits per heavy atom. The van der Waals surface area contributed by atoms with E-state index in [1.165, 1.54) is 0 Å². The van der Waals surface area contributed by atoms with Crippen LogP contribution in [0.4, 0.5) is 0 Å². The molecule has 0 aromatic carbocycles. The van der Waals surface area contributed by atoms with Gasteiger partial charge in [0.15, 0.2) is 0 Å². The Balaban J connectivity index is 2.60. The van der Waals surface area contributed by atoms with E-state index in [-0.39, 0.29) is 24.7 Å². The van der Waals surface area contributed by atoms with E-state index in [4.69, 9.17) is 10.3 Å². The van der Waals surface area contributed by atoms with E-state index < -0.39 is 12.5 Å². The van der Waals surface area contributed by atoms with Gasteiger partial charge in [-0.15, -0.1) is 0 Å². The Bertz CT molecular complexity index is 377. The highest BCUT2D eigenvalue weighted by Crippen LogP contribution is 2.23. The average Bonchev–Trinajstić information content (AvgIpc) is 2.68. The normalized spacial score (nSPS) is 23.8. The van der Waals surface area contributed by atoms with Crippen molar-refractivity contribution in [1.29, 1.82) is 0 Å². The molecule has 0 spiro atoms. The standard InChI is InChI=1S/C11H21BN4O3/c1-11(2,3)10(17)19-7-9-5-8(14-15-13)6-16(9)12(4)18/h8-9,18H,5-7H2,1-4H3/t8-,9-/m1/s1. The highest BCUT2D eigenvalue weighted by Gasteiger charge is 2.37. The van der Waals surface area contributed by atoms with Gasteiger partial charge in [-0.1, -0.05) is 5.11 Å². The molecule has 0 bridgehead atoms. The number of azide groups is 1. The summed E-state index contributed by atoms with van der Waals surface area (Å²) in [7, 11) is -0.655. The Morgan fingerprint density at radius 1 is 1.63 bits per heavy atom. The Morgan fingerprint density at radius 2 is 2.26 bits per heavy atom. The van der Waals surface area contributed by atoms with Crippen LogP contribution in [0.1, 0.15) is 27.2 Å². The number of hydrogen-bond acceptors (Lipinski definition) is 5. The number of carbonyl (C=O) groups excluding carboxylic acids is 1. The van der Waals surface area contributed by atoms with Crippen LogP contribution in [0.2, 0.25) is 6.82 Å². The van der Waals surface area contributed by atoms with Crippen molar-refractivity contribution in [2.45, 2.75) is 46.1 Å². The van der Waals surface area contributed by atoms with Crippen LogP contribution in [-0.4, -0.2) is 48.1 Å². The van der Waals surface area contributed by atoms with E-state index in [0.29, 0.717) is 13.0 Å². The molecule has 19 heavy (non-hydrogen) atoms. The van der Waals surface area contributed by atoms with Gasteiger partial charge in [-0.3, -0.25) is 4.79 Å². The van der Waals surface area contributed by atoms with Crippen molar-refractivity contribution in [3.05, 3.63) is 10.4 Å². The van der Waals surface area contributed by atoms with Gasteiger partial charge in [0, 0.05) is 11.0 Å². The molecule has 1 saturated heterocycles. The Hall–Kier alpha value is -1.24. The summed E-state index contributed by atoms with van der Waals surface area (Å²) in [5.74, 6) is -0.273. The number of hydrogen-bond donors (Lipinski definition) is 1. The lowest BCUT2D eigenvalue weighted by Crippen LogP contribution is -2.44. The molecule has 0 unspecified atom stereocenters. The van der Waals surface area contributed by atoms with Crippen molar-refractivity contribution in [2.75, 3.05) is 13.2 Å². The van der Waals surface area contributed by atoms with Crippen LogP contribution >= 0.6 is 0 Å². The summed E-state index contributed by atoms with van der Waals surface area (Å²) in [6, 6.07) is -0.292. The van der Waals surface area contributed by atoms with E-state index in [2.05, 4.69) is 10.0 Å². The summed E-state index contributed by atoms with van der Waals surface area (Å²) in [5, 5.41) is 13.4. The maximum absolute atomic E-state index is 11.7. The number of nitrogens with zero attached hydrogens (tertiary/aromatic N) is 4. The molecule has 106 valence electrons. The van der Waals surface area contributed by atoms with E-state index in [9.17, 15) is 9.82 Å². The predicted octanol–water partition coefficient (Wildman–Crippen LogP) is 1.44. The third-order valence-corrected chi connectivity index (χ3v) is 3.15. The summed E-state index contributed by atoms with van der Waals surface area (Å²) >= 11 is 0. The van der Waals surface area contributed by atoms with Gasteiger partial charge in [-0.2, -0.15) is 0 Å². The predicted molar refractivity (Wildman–Crippen MR) is 72.3 cm³/mol. The topological polar surface area (TPSA) is 98.5 Å². The smallest absolute Gasteiger partial charge is 0.376 e. The second kappa shape index (κ2) is 6.28. The minimum absolute atomic E-state index is 0.109. The van der Waals surface area contributed by atoms with Gasteiger partial charge in [0.1, 0.15) is 6.61 Å². The lowest BCUT2D eigenvalue weighted by Gasteiger charge is -2.26. The number of esters is 1. The fraction of sp³-hybridized carbons (Fsp3) is 0.909. The van der Waals surface area contributed by atoms with Gasteiger partial charge in [0.05, 0.1) is 11.5 Å². The Labute approximate surface area is 113 Å². The first-order valence-corrected chi connectivity index (χ1v) is 6.41. The van der Waals surface area contributed by atoms with Crippen molar-refractivity contribution in [3.63, 3.8) is 0 Å². The van der Waals surface area contributed by atoms with Crippen molar-refractivity contribution in [2.24, 2.45) is 10.5 Å². The highest BCUT2D eigenvalue weighted by atomic mass is 16.5. The summed E-state index contributed by atoms with van der Waals surface area (Å²) in [6.45, 7) is 7.71. The molecule has 7 nitrogen and oxygen atoms in total. The first kappa shape index (κ1) is 15.8. The molecule has 8 heteroatoms. The third-order valence-electron chi connectivity index (χ3n) is 3.15. The fourth-order valence-corrected chi connectivity index (χ4v) is 2.08. The lowest BCUT2D eigenvalue weighted by molar-refractivity contribution is -0.154. The van der Waals surface area contributed by atoms with Crippen LogP contribution in [0.15, 0.2) is 5.11 Å². The second-order valence-corrected chi connectivity index (χ2v) is 5.93. The van der Waals surface area contributed by atoms with Gasteiger partial charge in [-0.05, 0) is 46.1 Å². The van der Waals surface area contributed by atoms with Crippen molar-refractivity contribution in [3.8, 4) is 0 Å². The second-order valence-electron chi connectivity index (χ2n) is 5.93. The van der Waals surface area contributed by atoms with Crippen LogP contribution in [-0.2, 0) is 9.53 Å². The third kappa shape index (κ3) is 4.42. The van der Waals surface area contributed by atoms with Crippen LogP contribution in [0.25, 0.3) is 10.4 Å². The van der Waals surface area contributed by atoms with Crippen molar-refractivity contribution >= 4 is 13.0 Å². The monoisotopic (exact) mass is 268 g/mol. The quantitative estimate of drug-likeness (QED) is 0.274. The number of carbonyl (C=O) groups is 1. The molecule has 0 aromatic heterocycles. The van der Waals surface area contributed by atoms with Crippen LogP contribution in [0.5, 0.6) is 0 Å². The first-order valence-electron chi connectivity index (χ1n) is 6.41. The van der Waals surface area contributed by atoms with Gasteiger partial charge >= 0.3 is 13.0 Å². The van der Waals surface area contributed by atoms with Crippen LogP contribution in [0.3, 0.4) is 0 Å². The zero-order chi connectivity index (χ0) is 14.6. The average molecular weight is 268 g/mol. The van der Waals surface area contributed by atoms with E-state index >= 15 is 0 Å². The first-order chi connectivity index (χ1) is 8.75. The van der Waals surface area contributed by atoms with Gasteiger partial charge in [0.25, 0.3) is 0 Å². The molecule has 0 amide bonds. The Kier molecular flexibility index (Phi) is 5.23. The molecule has 2 atom stereocenters. The highest BCUT2D eigenvalue weighted by molar-refractivity contribution is 6.45. The minimum Gasteiger partial charge on any atom is -0.464 e. The fourth-order valence-electron chi connectivity index (χ4n) is 2.08.